The zero-order chi connectivity index (χ0) is 9.07. The maximum atomic E-state index is 10.6. The topological polar surface area (TPSA) is 86.3 Å². The van der Waals surface area contributed by atoms with Gasteiger partial charge < -0.3 is 9.87 Å². The van der Waals surface area contributed by atoms with Crippen LogP contribution in [0.1, 0.15) is 6.92 Å². The standard InChI is InChI=1S/C5H9NO4S.Rb/c1-4(2)5(7)6-3-11(8,9)10;/h1,3H2,2H3,(H,6,7)(H,8,9,10);/q;+1/p-1. The molecule has 1 amide bonds. The van der Waals surface area contributed by atoms with E-state index in [1.165, 1.54) is 6.92 Å². The van der Waals surface area contributed by atoms with E-state index < -0.39 is 21.9 Å². The summed E-state index contributed by atoms with van der Waals surface area (Å²) in [5.41, 5.74) is 0.161. The second-order valence-electron chi connectivity index (χ2n) is 1.99. The second kappa shape index (κ2) is 6.39. The van der Waals surface area contributed by atoms with Crippen molar-refractivity contribution in [2.45, 2.75) is 6.92 Å². The van der Waals surface area contributed by atoms with Gasteiger partial charge in [0.15, 0.2) is 0 Å². The summed E-state index contributed by atoms with van der Waals surface area (Å²) < 4.78 is 29.9. The molecule has 64 valence electrons. The van der Waals surface area contributed by atoms with E-state index in [2.05, 4.69) is 6.58 Å². The summed E-state index contributed by atoms with van der Waals surface area (Å²) in [4.78, 5) is 10.6. The van der Waals surface area contributed by atoms with Crippen LogP contribution in [0, 0.1) is 0 Å². The van der Waals surface area contributed by atoms with Crippen LogP contribution in [0.4, 0.5) is 0 Å². The van der Waals surface area contributed by atoms with Crippen molar-refractivity contribution < 1.29 is 76.0 Å². The molecule has 0 heterocycles. The van der Waals surface area contributed by atoms with Crippen LogP contribution in [-0.4, -0.2) is 24.8 Å². The van der Waals surface area contributed by atoms with Crippen molar-refractivity contribution in [1.29, 1.82) is 0 Å². The van der Waals surface area contributed by atoms with Gasteiger partial charge in [-0.25, -0.2) is 8.42 Å². The molecule has 5 nitrogen and oxygen atoms in total. The molecule has 0 rings (SSSR count). The van der Waals surface area contributed by atoms with Crippen LogP contribution in [0.3, 0.4) is 0 Å². The van der Waals surface area contributed by atoms with Gasteiger partial charge in [0.1, 0.15) is 16.0 Å². The van der Waals surface area contributed by atoms with Crippen molar-refractivity contribution in [2.24, 2.45) is 0 Å². The molecular formula is C5H8NO4RbS. The minimum atomic E-state index is -4.38. The summed E-state index contributed by atoms with van der Waals surface area (Å²) in [7, 11) is -4.38. The van der Waals surface area contributed by atoms with Crippen molar-refractivity contribution >= 4 is 16.0 Å². The maximum absolute atomic E-state index is 10.6. The Labute approximate surface area is 120 Å². The average molecular weight is 264 g/mol. The summed E-state index contributed by atoms with van der Waals surface area (Å²) in [5, 5.41) is 1.88. The first-order valence-electron chi connectivity index (χ1n) is 2.70. The normalized spacial score (nSPS) is 9.83. The Bertz CT molecular complexity index is 271. The van der Waals surface area contributed by atoms with Gasteiger partial charge >= 0.3 is 58.2 Å². The minimum absolute atomic E-state index is 0. The maximum Gasteiger partial charge on any atom is 1.00 e. The van der Waals surface area contributed by atoms with Crippen LogP contribution in [0.25, 0.3) is 0 Å². The molecular weight excluding hydrogens is 256 g/mol. The molecule has 0 aliphatic rings. The molecule has 12 heavy (non-hydrogen) atoms. The van der Waals surface area contributed by atoms with Gasteiger partial charge in [-0.3, -0.25) is 4.79 Å². The van der Waals surface area contributed by atoms with Crippen LogP contribution in [0.15, 0.2) is 12.2 Å². The van der Waals surface area contributed by atoms with Gasteiger partial charge in [-0.2, -0.15) is 0 Å². The van der Waals surface area contributed by atoms with Gasteiger partial charge in [-0.15, -0.1) is 0 Å². The van der Waals surface area contributed by atoms with Crippen LogP contribution < -0.4 is 63.5 Å². The Hall–Kier alpha value is 0.925. The van der Waals surface area contributed by atoms with Gasteiger partial charge in [0, 0.05) is 5.57 Å². The largest absolute Gasteiger partial charge is 1.00 e. The third-order valence-corrected chi connectivity index (χ3v) is 1.30. The molecule has 7 heteroatoms. The van der Waals surface area contributed by atoms with Crippen molar-refractivity contribution in [3.05, 3.63) is 12.2 Å². The van der Waals surface area contributed by atoms with Crippen LogP contribution in [0.2, 0.25) is 0 Å². The average Bonchev–Trinajstić information content (AvgIpc) is 1.80. The number of carbonyl (C=O) groups excluding carboxylic acids is 1. The van der Waals surface area contributed by atoms with Gasteiger partial charge in [0.2, 0.25) is 5.91 Å². The summed E-state index contributed by atoms with van der Waals surface area (Å²) in [6.45, 7) is 4.66. The predicted octanol–water partition coefficient (Wildman–Crippen LogP) is -3.81. The number of hydrogen-bond donors (Lipinski definition) is 1. The molecule has 0 aromatic rings. The number of carbonyl (C=O) groups is 1. The zero-order valence-corrected chi connectivity index (χ0v) is 12.7. The number of amides is 1. The van der Waals surface area contributed by atoms with Gasteiger partial charge in [-0.05, 0) is 6.92 Å². The molecule has 0 fully saturated rings. The Kier molecular flexibility index (Phi) is 8.20. The summed E-state index contributed by atoms with van der Waals surface area (Å²) in [5.74, 6) is -1.52. The quantitative estimate of drug-likeness (QED) is 0.418. The molecule has 0 unspecified atom stereocenters. The number of hydrogen-bond acceptors (Lipinski definition) is 4. The molecule has 0 radical (unpaired) electrons. The van der Waals surface area contributed by atoms with Crippen LogP contribution >= 0.6 is 0 Å². The first-order valence-corrected chi connectivity index (χ1v) is 4.28. The predicted molar refractivity (Wildman–Crippen MR) is 37.5 cm³/mol. The molecule has 0 atom stereocenters. The van der Waals surface area contributed by atoms with Gasteiger partial charge in [0.05, 0.1) is 0 Å². The second-order valence-corrected chi connectivity index (χ2v) is 3.39. The molecule has 0 saturated heterocycles. The van der Waals surface area contributed by atoms with E-state index in [-0.39, 0.29) is 63.8 Å². The van der Waals surface area contributed by atoms with E-state index >= 15 is 0 Å². The van der Waals surface area contributed by atoms with Crippen molar-refractivity contribution in [3.8, 4) is 0 Å². The minimum Gasteiger partial charge on any atom is -0.747 e. The molecule has 1 N–H and O–H groups in total. The molecule has 0 aromatic heterocycles. The monoisotopic (exact) mass is 263 g/mol. The van der Waals surface area contributed by atoms with Crippen molar-refractivity contribution in [3.63, 3.8) is 0 Å². The van der Waals surface area contributed by atoms with Crippen LogP contribution in [-0.2, 0) is 14.9 Å². The van der Waals surface area contributed by atoms with Gasteiger partial charge in [0.25, 0.3) is 0 Å². The SMILES string of the molecule is C=C(C)C(=O)NCS(=O)(=O)[O-].[Rb+]. The summed E-state index contributed by atoms with van der Waals surface area (Å²) in [6, 6.07) is 0. The third-order valence-electron chi connectivity index (χ3n) is 0.797. The summed E-state index contributed by atoms with van der Waals surface area (Å²) >= 11 is 0. The Morgan fingerprint density at radius 1 is 1.58 bits per heavy atom. The summed E-state index contributed by atoms with van der Waals surface area (Å²) in [6.07, 6.45) is 0. The Morgan fingerprint density at radius 3 is 2.25 bits per heavy atom. The number of nitrogens with one attached hydrogen (secondary N) is 1. The first-order chi connectivity index (χ1) is 4.83. The molecule has 0 bridgehead atoms. The van der Waals surface area contributed by atoms with E-state index in [9.17, 15) is 17.8 Å². The fourth-order valence-electron chi connectivity index (χ4n) is 0.305. The van der Waals surface area contributed by atoms with Crippen molar-refractivity contribution in [1.82, 2.24) is 5.32 Å². The molecule has 0 aliphatic carbocycles. The molecule has 0 saturated carbocycles. The Morgan fingerprint density at radius 2 is 2.00 bits per heavy atom. The van der Waals surface area contributed by atoms with E-state index in [4.69, 9.17) is 0 Å². The number of rotatable bonds is 3. The van der Waals surface area contributed by atoms with E-state index in [1.54, 1.807) is 0 Å². The smallest absolute Gasteiger partial charge is 0.747 e. The molecule has 0 aromatic carbocycles. The van der Waals surface area contributed by atoms with Gasteiger partial charge in [-0.1, -0.05) is 6.58 Å². The first kappa shape index (κ1) is 15.4. The van der Waals surface area contributed by atoms with E-state index in [1.807, 2.05) is 5.32 Å². The van der Waals surface area contributed by atoms with Crippen molar-refractivity contribution in [2.75, 3.05) is 5.88 Å². The fourth-order valence-corrected chi connectivity index (χ4v) is 0.613. The molecule has 0 spiro atoms. The van der Waals surface area contributed by atoms with E-state index in [0.717, 1.165) is 0 Å². The van der Waals surface area contributed by atoms with Crippen LogP contribution in [0.5, 0.6) is 0 Å². The van der Waals surface area contributed by atoms with E-state index in [0.29, 0.717) is 0 Å². The zero-order valence-electron chi connectivity index (χ0n) is 6.96. The Balaban J connectivity index is 0. The third kappa shape index (κ3) is 9.02. The molecule has 0 aliphatic heterocycles. The fraction of sp³-hybridized carbons (Fsp3) is 0.400.